The van der Waals surface area contributed by atoms with Gasteiger partial charge >= 0.3 is 0 Å². The number of nitrogens with zero attached hydrogens (tertiary/aromatic N) is 1. The van der Waals surface area contributed by atoms with Crippen molar-refractivity contribution in [1.82, 2.24) is 10.3 Å². The van der Waals surface area contributed by atoms with Gasteiger partial charge in [-0.1, -0.05) is 0 Å². The maximum absolute atomic E-state index is 13.5. The van der Waals surface area contributed by atoms with Crippen molar-refractivity contribution in [3.05, 3.63) is 41.9 Å². The highest BCUT2D eigenvalue weighted by atomic mass is 19.1. The molecule has 0 radical (unpaired) electrons. The number of nitrogens with one attached hydrogen (secondary N) is 1. The van der Waals surface area contributed by atoms with Crippen LogP contribution in [0.4, 0.5) is 8.78 Å². The van der Waals surface area contributed by atoms with E-state index < -0.39 is 11.6 Å². The number of rotatable bonds is 5. The third-order valence-corrected chi connectivity index (χ3v) is 2.56. The van der Waals surface area contributed by atoms with Crippen molar-refractivity contribution in [2.45, 2.75) is 12.8 Å². The van der Waals surface area contributed by atoms with Gasteiger partial charge in [0.2, 0.25) is 0 Å². The van der Waals surface area contributed by atoms with E-state index in [0.717, 1.165) is 31.2 Å². The minimum absolute atomic E-state index is 0.0994. The van der Waals surface area contributed by atoms with Gasteiger partial charge in [0.15, 0.2) is 11.7 Å². The van der Waals surface area contributed by atoms with Crippen LogP contribution in [0.25, 0.3) is 11.3 Å². The van der Waals surface area contributed by atoms with Gasteiger partial charge in [0, 0.05) is 6.42 Å². The first-order valence-corrected chi connectivity index (χ1v) is 5.75. The zero-order valence-corrected chi connectivity index (χ0v) is 10.0. The molecule has 0 atom stereocenters. The molecule has 0 amide bonds. The lowest BCUT2D eigenvalue weighted by Crippen LogP contribution is -2.08. The van der Waals surface area contributed by atoms with Crippen molar-refractivity contribution in [3.8, 4) is 11.3 Å². The molecule has 3 nitrogen and oxygen atoms in total. The molecule has 1 N–H and O–H groups in total. The zero-order chi connectivity index (χ0) is 13.0. The molecule has 0 unspecified atom stereocenters. The fourth-order valence-corrected chi connectivity index (χ4v) is 1.65. The molecule has 1 aromatic heterocycles. The van der Waals surface area contributed by atoms with E-state index in [1.54, 1.807) is 0 Å². The molecule has 1 aromatic carbocycles. The van der Waals surface area contributed by atoms with E-state index in [9.17, 15) is 8.78 Å². The normalized spacial score (nSPS) is 10.8. The van der Waals surface area contributed by atoms with Crippen molar-refractivity contribution >= 4 is 0 Å². The number of oxazole rings is 1. The highest BCUT2D eigenvalue weighted by Crippen LogP contribution is 2.24. The van der Waals surface area contributed by atoms with Gasteiger partial charge in [0.1, 0.15) is 11.6 Å². The van der Waals surface area contributed by atoms with E-state index in [2.05, 4.69) is 10.3 Å². The molecule has 18 heavy (non-hydrogen) atoms. The Balaban J connectivity index is 2.16. The third kappa shape index (κ3) is 2.92. The van der Waals surface area contributed by atoms with Crippen LogP contribution in [0.3, 0.4) is 0 Å². The predicted octanol–water partition coefficient (Wildman–Crippen LogP) is 2.77. The standard InChI is InChI=1S/C13H14F2N2O/c1-16-6-2-3-13-17-8-12(18-13)10-7-9(14)4-5-11(10)15/h4-5,7-8,16H,2-3,6H2,1H3. The summed E-state index contributed by atoms with van der Waals surface area (Å²) in [5.41, 5.74) is 0.0994. The monoisotopic (exact) mass is 252 g/mol. The van der Waals surface area contributed by atoms with Crippen molar-refractivity contribution in [1.29, 1.82) is 0 Å². The van der Waals surface area contributed by atoms with Crippen LogP contribution in [0.5, 0.6) is 0 Å². The molecule has 0 saturated carbocycles. The molecule has 0 bridgehead atoms. The largest absolute Gasteiger partial charge is 0.441 e. The Morgan fingerprint density at radius 3 is 2.94 bits per heavy atom. The first-order valence-electron chi connectivity index (χ1n) is 5.75. The minimum atomic E-state index is -0.519. The first kappa shape index (κ1) is 12.7. The molecule has 0 saturated heterocycles. The summed E-state index contributed by atoms with van der Waals surface area (Å²) in [7, 11) is 1.86. The molecule has 1 heterocycles. The van der Waals surface area contributed by atoms with Crippen molar-refractivity contribution in [3.63, 3.8) is 0 Å². The Bertz CT molecular complexity index is 525. The molecule has 2 rings (SSSR count). The Morgan fingerprint density at radius 2 is 2.17 bits per heavy atom. The molecule has 0 aliphatic heterocycles. The Morgan fingerprint density at radius 1 is 1.33 bits per heavy atom. The lowest BCUT2D eigenvalue weighted by Gasteiger charge is -1.99. The zero-order valence-electron chi connectivity index (χ0n) is 10.0. The van der Waals surface area contributed by atoms with Gasteiger partial charge in [0.25, 0.3) is 0 Å². The number of benzene rings is 1. The number of aryl methyl sites for hydroxylation is 1. The predicted molar refractivity (Wildman–Crippen MR) is 64.1 cm³/mol. The van der Waals surface area contributed by atoms with Crippen LogP contribution in [0.1, 0.15) is 12.3 Å². The van der Waals surface area contributed by atoms with E-state index in [1.165, 1.54) is 6.20 Å². The van der Waals surface area contributed by atoms with Gasteiger partial charge < -0.3 is 9.73 Å². The summed E-state index contributed by atoms with van der Waals surface area (Å²) in [6.07, 6.45) is 2.96. The lowest BCUT2D eigenvalue weighted by atomic mass is 10.2. The highest BCUT2D eigenvalue weighted by molar-refractivity contribution is 5.57. The SMILES string of the molecule is CNCCCc1ncc(-c2cc(F)ccc2F)o1. The van der Waals surface area contributed by atoms with Crippen LogP contribution in [-0.2, 0) is 6.42 Å². The smallest absolute Gasteiger partial charge is 0.194 e. The third-order valence-electron chi connectivity index (χ3n) is 2.56. The van der Waals surface area contributed by atoms with Crippen molar-refractivity contribution in [2.75, 3.05) is 13.6 Å². The fourth-order valence-electron chi connectivity index (χ4n) is 1.65. The summed E-state index contributed by atoms with van der Waals surface area (Å²) in [4.78, 5) is 4.05. The Kier molecular flexibility index (Phi) is 4.04. The highest BCUT2D eigenvalue weighted by Gasteiger charge is 2.11. The quantitative estimate of drug-likeness (QED) is 0.831. The van der Waals surface area contributed by atoms with Crippen molar-refractivity contribution < 1.29 is 13.2 Å². The average Bonchev–Trinajstić information content (AvgIpc) is 2.81. The molecule has 2 aromatic rings. The van der Waals surface area contributed by atoms with E-state index >= 15 is 0 Å². The van der Waals surface area contributed by atoms with Crippen LogP contribution >= 0.6 is 0 Å². The fraction of sp³-hybridized carbons (Fsp3) is 0.308. The molecule has 0 spiro atoms. The maximum Gasteiger partial charge on any atom is 0.194 e. The molecule has 5 heteroatoms. The molecule has 0 aliphatic rings. The number of halogens is 2. The van der Waals surface area contributed by atoms with E-state index in [1.807, 2.05) is 7.05 Å². The van der Waals surface area contributed by atoms with Crippen LogP contribution in [-0.4, -0.2) is 18.6 Å². The average molecular weight is 252 g/mol. The second-order valence-electron chi connectivity index (χ2n) is 3.95. The van der Waals surface area contributed by atoms with Gasteiger partial charge in [0.05, 0.1) is 11.8 Å². The second kappa shape index (κ2) is 5.73. The number of hydrogen-bond acceptors (Lipinski definition) is 3. The summed E-state index contributed by atoms with van der Waals surface area (Å²) in [5.74, 6) is -0.232. The van der Waals surface area contributed by atoms with Crippen LogP contribution < -0.4 is 5.32 Å². The minimum Gasteiger partial charge on any atom is -0.441 e. The van der Waals surface area contributed by atoms with Gasteiger partial charge in [-0.3, -0.25) is 0 Å². The summed E-state index contributed by atoms with van der Waals surface area (Å²) in [6.45, 7) is 0.853. The van der Waals surface area contributed by atoms with E-state index in [4.69, 9.17) is 4.42 Å². The molecule has 0 aliphatic carbocycles. The Labute approximate surface area is 104 Å². The number of hydrogen-bond donors (Lipinski definition) is 1. The summed E-state index contributed by atoms with van der Waals surface area (Å²) >= 11 is 0. The molecule has 0 fully saturated rings. The van der Waals surface area contributed by atoms with Crippen LogP contribution in [0.15, 0.2) is 28.8 Å². The molecular weight excluding hydrogens is 238 g/mol. The molecular formula is C13H14F2N2O. The topological polar surface area (TPSA) is 38.1 Å². The van der Waals surface area contributed by atoms with E-state index in [0.29, 0.717) is 12.3 Å². The van der Waals surface area contributed by atoms with Crippen LogP contribution in [0.2, 0.25) is 0 Å². The van der Waals surface area contributed by atoms with Gasteiger partial charge in [-0.15, -0.1) is 0 Å². The summed E-state index contributed by atoms with van der Waals surface area (Å²) in [5, 5.41) is 3.01. The summed E-state index contributed by atoms with van der Waals surface area (Å²) in [6, 6.07) is 3.25. The number of aromatic nitrogens is 1. The lowest BCUT2D eigenvalue weighted by molar-refractivity contribution is 0.491. The second-order valence-corrected chi connectivity index (χ2v) is 3.95. The van der Waals surface area contributed by atoms with Gasteiger partial charge in [-0.25, -0.2) is 13.8 Å². The van der Waals surface area contributed by atoms with Gasteiger partial charge in [-0.2, -0.15) is 0 Å². The first-order chi connectivity index (χ1) is 8.70. The summed E-state index contributed by atoms with van der Waals surface area (Å²) < 4.78 is 32.0. The Hall–Kier alpha value is -1.75. The van der Waals surface area contributed by atoms with Gasteiger partial charge in [-0.05, 0) is 38.2 Å². The molecule has 96 valence electrons. The van der Waals surface area contributed by atoms with Crippen LogP contribution in [0, 0.1) is 11.6 Å². The maximum atomic E-state index is 13.5. The van der Waals surface area contributed by atoms with Crippen molar-refractivity contribution in [2.24, 2.45) is 0 Å². The van der Waals surface area contributed by atoms with E-state index in [-0.39, 0.29) is 11.3 Å².